The fourth-order valence-corrected chi connectivity index (χ4v) is 4.70. The molecule has 0 unspecified atom stereocenters. The number of hydrogen-bond acceptors (Lipinski definition) is 3. The Morgan fingerprint density at radius 1 is 1.06 bits per heavy atom. The third-order valence-electron chi connectivity index (χ3n) is 6.45. The molecular formula is C26H31F2NO4. The molecule has 0 amide bonds. The molecule has 0 aliphatic heterocycles. The summed E-state index contributed by atoms with van der Waals surface area (Å²) in [6.07, 6.45) is 0.695. The molecule has 0 bridgehead atoms. The Hall–Kier alpha value is -2.93. The molecule has 5 nitrogen and oxygen atoms in total. The summed E-state index contributed by atoms with van der Waals surface area (Å²) in [5, 5.41) is 31.2. The van der Waals surface area contributed by atoms with E-state index in [1.165, 1.54) is 12.1 Å². The Balaban J connectivity index is 2.48. The lowest BCUT2D eigenvalue weighted by molar-refractivity contribution is -0.137. The molecule has 33 heavy (non-hydrogen) atoms. The molecule has 2 aromatic carbocycles. The molecule has 0 fully saturated rings. The van der Waals surface area contributed by atoms with Crippen molar-refractivity contribution in [2.75, 3.05) is 13.3 Å². The van der Waals surface area contributed by atoms with Crippen molar-refractivity contribution >= 4 is 16.9 Å². The lowest BCUT2D eigenvalue weighted by Crippen LogP contribution is -2.32. The molecule has 0 radical (unpaired) electrons. The number of phenols is 1. The van der Waals surface area contributed by atoms with E-state index in [2.05, 4.69) is 0 Å². The molecule has 1 heterocycles. The molecule has 7 heteroatoms. The van der Waals surface area contributed by atoms with Crippen molar-refractivity contribution in [2.24, 2.45) is 0 Å². The second-order valence-electron chi connectivity index (χ2n) is 9.50. The highest BCUT2D eigenvalue weighted by Crippen LogP contribution is 2.49. The first-order valence-corrected chi connectivity index (χ1v) is 11.1. The zero-order valence-electron chi connectivity index (χ0n) is 19.2. The summed E-state index contributed by atoms with van der Waals surface area (Å²) in [6, 6.07) is 11.0. The molecule has 3 rings (SSSR count). The lowest BCUT2D eigenvalue weighted by Gasteiger charge is -2.35. The summed E-state index contributed by atoms with van der Waals surface area (Å²) in [5.41, 5.74) is 1.05. The number of phenolic OH excluding ortho intramolecular Hbond substituents is 1. The number of carbonyl (C=O) groups is 1. The summed E-state index contributed by atoms with van der Waals surface area (Å²) < 4.78 is 28.9. The molecule has 0 saturated carbocycles. The normalized spacial score (nSPS) is 13.9. The molecule has 0 spiro atoms. The van der Waals surface area contributed by atoms with Gasteiger partial charge in [0.2, 0.25) is 0 Å². The van der Waals surface area contributed by atoms with Crippen LogP contribution in [0.5, 0.6) is 5.75 Å². The molecular weight excluding hydrogens is 428 g/mol. The van der Waals surface area contributed by atoms with Crippen LogP contribution in [0.25, 0.3) is 16.6 Å². The van der Waals surface area contributed by atoms with Crippen LogP contribution in [0.3, 0.4) is 0 Å². The van der Waals surface area contributed by atoms with Gasteiger partial charge in [-0.2, -0.15) is 0 Å². The van der Waals surface area contributed by atoms with Gasteiger partial charge in [0, 0.05) is 28.6 Å². The zero-order valence-corrected chi connectivity index (χ0v) is 19.2. The van der Waals surface area contributed by atoms with Gasteiger partial charge in [-0.05, 0) is 66.6 Å². The Morgan fingerprint density at radius 2 is 1.73 bits per heavy atom. The highest BCUT2D eigenvalue weighted by atomic mass is 19.1. The SMILES string of the molecule is CC(C)(CO)c1c([C@](C)(CCCF)CCC(=O)O)c2c(O)cccc2n1-c1ccc(F)cc1. The predicted molar refractivity (Wildman–Crippen MR) is 124 cm³/mol. The number of fused-ring (bicyclic) bond motifs is 1. The minimum atomic E-state index is -0.962. The largest absolute Gasteiger partial charge is 0.507 e. The van der Waals surface area contributed by atoms with Crippen LogP contribution in [0.4, 0.5) is 8.78 Å². The number of aliphatic carboxylic acids is 1. The third-order valence-corrected chi connectivity index (χ3v) is 6.45. The number of alkyl halides is 1. The average molecular weight is 460 g/mol. The molecule has 1 aromatic heterocycles. The van der Waals surface area contributed by atoms with Gasteiger partial charge in [-0.15, -0.1) is 0 Å². The van der Waals surface area contributed by atoms with Crippen molar-refractivity contribution in [3.63, 3.8) is 0 Å². The minimum absolute atomic E-state index is 0.0140. The van der Waals surface area contributed by atoms with Gasteiger partial charge in [-0.1, -0.05) is 26.8 Å². The number of carboxylic acid groups (broad SMARTS) is 1. The highest BCUT2D eigenvalue weighted by molar-refractivity contribution is 5.94. The van der Waals surface area contributed by atoms with Crippen molar-refractivity contribution in [1.29, 1.82) is 0 Å². The van der Waals surface area contributed by atoms with Crippen LogP contribution in [0, 0.1) is 5.82 Å². The number of benzene rings is 2. The molecule has 0 aliphatic carbocycles. The van der Waals surface area contributed by atoms with Crippen molar-refractivity contribution in [3.8, 4) is 11.4 Å². The Labute approximate surface area is 192 Å². The number of rotatable bonds is 10. The topological polar surface area (TPSA) is 82.7 Å². The van der Waals surface area contributed by atoms with Gasteiger partial charge < -0.3 is 19.9 Å². The highest BCUT2D eigenvalue weighted by Gasteiger charge is 2.40. The van der Waals surface area contributed by atoms with Crippen LogP contribution in [0.2, 0.25) is 0 Å². The van der Waals surface area contributed by atoms with Gasteiger partial charge in [-0.25, -0.2) is 4.39 Å². The summed E-state index contributed by atoms with van der Waals surface area (Å²) in [4.78, 5) is 11.5. The number of hydrogen-bond donors (Lipinski definition) is 3. The Bertz CT molecular complexity index is 1140. The fourth-order valence-electron chi connectivity index (χ4n) is 4.70. The number of aliphatic hydroxyl groups excluding tert-OH is 1. The van der Waals surface area contributed by atoms with Gasteiger partial charge in [0.1, 0.15) is 11.6 Å². The monoisotopic (exact) mass is 459 g/mol. The summed E-state index contributed by atoms with van der Waals surface area (Å²) in [6.45, 7) is 4.82. The number of aromatic nitrogens is 1. The van der Waals surface area contributed by atoms with Crippen LogP contribution >= 0.6 is 0 Å². The summed E-state index contributed by atoms with van der Waals surface area (Å²) in [7, 11) is 0. The maximum atomic E-state index is 13.7. The first kappa shape index (κ1) is 24.7. The van der Waals surface area contributed by atoms with Crippen molar-refractivity contribution in [2.45, 2.75) is 57.3 Å². The quantitative estimate of drug-likeness (QED) is 0.368. The van der Waals surface area contributed by atoms with Gasteiger partial charge >= 0.3 is 5.97 Å². The number of aromatic hydroxyl groups is 1. The lowest BCUT2D eigenvalue weighted by atomic mass is 9.70. The summed E-state index contributed by atoms with van der Waals surface area (Å²) in [5.74, 6) is -1.34. The first-order chi connectivity index (χ1) is 15.6. The molecule has 178 valence electrons. The van der Waals surface area contributed by atoms with Gasteiger partial charge in [0.05, 0.1) is 18.8 Å². The van der Waals surface area contributed by atoms with E-state index in [0.717, 1.165) is 0 Å². The second kappa shape index (κ2) is 9.51. The van der Waals surface area contributed by atoms with Crippen LogP contribution in [-0.4, -0.2) is 39.1 Å². The van der Waals surface area contributed by atoms with Crippen LogP contribution < -0.4 is 0 Å². The van der Waals surface area contributed by atoms with E-state index in [9.17, 15) is 28.9 Å². The molecule has 3 aromatic rings. The van der Waals surface area contributed by atoms with E-state index in [4.69, 9.17) is 0 Å². The van der Waals surface area contributed by atoms with Crippen molar-refractivity contribution in [3.05, 3.63) is 59.5 Å². The van der Waals surface area contributed by atoms with Crippen molar-refractivity contribution in [1.82, 2.24) is 4.57 Å². The van der Waals surface area contributed by atoms with Crippen LogP contribution in [-0.2, 0) is 15.6 Å². The number of carboxylic acids is 1. The molecule has 0 aliphatic rings. The smallest absolute Gasteiger partial charge is 0.303 e. The molecule has 1 atom stereocenters. The van der Waals surface area contributed by atoms with Gasteiger partial charge in [0.25, 0.3) is 0 Å². The summed E-state index contributed by atoms with van der Waals surface area (Å²) >= 11 is 0. The van der Waals surface area contributed by atoms with Gasteiger partial charge in [0.15, 0.2) is 0 Å². The maximum absolute atomic E-state index is 13.7. The number of aliphatic hydroxyl groups is 1. The Morgan fingerprint density at radius 3 is 2.30 bits per heavy atom. The second-order valence-corrected chi connectivity index (χ2v) is 9.50. The van der Waals surface area contributed by atoms with E-state index >= 15 is 0 Å². The standard InChI is InChI=1S/C26H31F2NO4/c1-25(2,16-30)24-23(26(3,13-5-15-27)14-12-21(32)33)22-19(6-4-7-20(22)31)29(24)18-10-8-17(28)9-11-18/h4,6-11,30-31H,5,12-16H2,1-3H3,(H,32,33)/t26-/m1/s1. The molecule has 3 N–H and O–H groups in total. The maximum Gasteiger partial charge on any atom is 0.303 e. The number of nitrogens with zero attached hydrogens (tertiary/aromatic N) is 1. The zero-order chi connectivity index (χ0) is 24.4. The van der Waals surface area contributed by atoms with E-state index in [-0.39, 0.29) is 31.6 Å². The van der Waals surface area contributed by atoms with E-state index in [0.29, 0.717) is 34.3 Å². The van der Waals surface area contributed by atoms with E-state index < -0.39 is 29.3 Å². The van der Waals surface area contributed by atoms with Crippen LogP contribution in [0.15, 0.2) is 42.5 Å². The van der Waals surface area contributed by atoms with Crippen molar-refractivity contribution < 1.29 is 28.9 Å². The third kappa shape index (κ3) is 4.74. The Kier molecular flexibility index (Phi) is 7.12. The van der Waals surface area contributed by atoms with E-state index in [1.807, 2.05) is 31.4 Å². The number of halogens is 2. The van der Waals surface area contributed by atoms with Crippen LogP contribution in [0.1, 0.15) is 57.7 Å². The fraction of sp³-hybridized carbons (Fsp3) is 0.423. The molecule has 0 saturated heterocycles. The average Bonchev–Trinajstić information content (AvgIpc) is 3.15. The predicted octanol–water partition coefficient (Wildman–Crippen LogP) is 5.62. The van der Waals surface area contributed by atoms with Gasteiger partial charge in [-0.3, -0.25) is 9.18 Å². The minimum Gasteiger partial charge on any atom is -0.507 e. The van der Waals surface area contributed by atoms with E-state index in [1.54, 1.807) is 24.3 Å². The first-order valence-electron chi connectivity index (χ1n) is 11.1.